The molecule has 2 aromatic heterocycles. The number of rotatable bonds is 3. The van der Waals surface area contributed by atoms with Gasteiger partial charge in [0.1, 0.15) is 5.82 Å². The second-order valence-corrected chi connectivity index (χ2v) is 7.00. The molecule has 7 heteroatoms. The van der Waals surface area contributed by atoms with Crippen molar-refractivity contribution in [3.63, 3.8) is 0 Å². The van der Waals surface area contributed by atoms with Crippen LogP contribution < -0.4 is 5.48 Å². The maximum Gasteiger partial charge on any atom is 0.254 e. The van der Waals surface area contributed by atoms with Crippen LogP contribution in [-0.4, -0.2) is 25.9 Å². The molecule has 0 fully saturated rings. The fraction of sp³-hybridized carbons (Fsp3) is 0.250. The van der Waals surface area contributed by atoms with Crippen LogP contribution in [0.2, 0.25) is 0 Å². The van der Waals surface area contributed by atoms with E-state index in [4.69, 9.17) is 0 Å². The van der Waals surface area contributed by atoms with Crippen LogP contribution in [0.4, 0.5) is 4.39 Å². The first kappa shape index (κ1) is 17.4. The predicted octanol–water partition coefficient (Wildman–Crippen LogP) is 2.57. The van der Waals surface area contributed by atoms with E-state index in [2.05, 4.69) is 10.1 Å². The summed E-state index contributed by atoms with van der Waals surface area (Å²) in [6, 6.07) is 6.56. The topological polar surface area (TPSA) is 80.0 Å². The van der Waals surface area contributed by atoms with Gasteiger partial charge < -0.3 is 0 Å². The maximum atomic E-state index is 14.1. The van der Waals surface area contributed by atoms with E-state index >= 15 is 0 Å². The number of carbonyl (C=O) groups is 1. The summed E-state index contributed by atoms with van der Waals surface area (Å²) in [5.41, 5.74) is 5.23. The Balaban J connectivity index is 1.78. The molecule has 0 saturated carbocycles. The fourth-order valence-corrected chi connectivity index (χ4v) is 3.97. The van der Waals surface area contributed by atoms with Crippen LogP contribution >= 0.6 is 0 Å². The number of carbonyl (C=O) groups excluding carboxylic acids is 1. The van der Waals surface area contributed by atoms with Crippen molar-refractivity contribution in [2.75, 3.05) is 0 Å². The summed E-state index contributed by atoms with van der Waals surface area (Å²) in [5, 5.41) is 14.0. The Bertz CT molecular complexity index is 1020. The Morgan fingerprint density at radius 3 is 2.81 bits per heavy atom. The zero-order valence-electron chi connectivity index (χ0n) is 15.0. The first-order chi connectivity index (χ1) is 13.0. The molecular weight excluding hydrogens is 347 g/mol. The molecule has 0 bridgehead atoms. The number of halogens is 1. The number of amides is 1. The molecule has 1 aliphatic rings. The van der Waals surface area contributed by atoms with E-state index in [1.54, 1.807) is 41.6 Å². The van der Waals surface area contributed by atoms with Gasteiger partial charge in [-0.15, -0.1) is 0 Å². The van der Waals surface area contributed by atoms with Gasteiger partial charge in [0.25, 0.3) is 5.91 Å². The van der Waals surface area contributed by atoms with Gasteiger partial charge in [0, 0.05) is 25.0 Å². The smallest absolute Gasteiger partial charge is 0.254 e. The minimum Gasteiger partial charge on any atom is -0.289 e. The van der Waals surface area contributed by atoms with Gasteiger partial charge in [-0.05, 0) is 54.7 Å². The Morgan fingerprint density at radius 1 is 1.30 bits per heavy atom. The molecule has 1 amide bonds. The van der Waals surface area contributed by atoms with Gasteiger partial charge in [0.2, 0.25) is 0 Å². The van der Waals surface area contributed by atoms with Crippen LogP contribution in [0.3, 0.4) is 0 Å². The number of aryl methyl sites for hydroxylation is 1. The highest BCUT2D eigenvalue weighted by atomic mass is 19.1. The Kier molecular flexibility index (Phi) is 4.04. The molecular formula is C20H19FN4O2. The number of nitrogens with one attached hydrogen (secondary N) is 1. The van der Waals surface area contributed by atoms with Gasteiger partial charge in [-0.3, -0.25) is 15.0 Å². The summed E-state index contributed by atoms with van der Waals surface area (Å²) < 4.78 is 15.9. The number of hydrogen-bond acceptors (Lipinski definition) is 4. The highest BCUT2D eigenvalue weighted by Gasteiger charge is 2.48. The van der Waals surface area contributed by atoms with Crippen LogP contribution in [0, 0.1) is 19.7 Å². The lowest BCUT2D eigenvalue weighted by atomic mass is 9.75. The number of fused-ring (bicyclic) bond motifs is 1. The average molecular weight is 366 g/mol. The molecule has 0 saturated heterocycles. The predicted molar refractivity (Wildman–Crippen MR) is 96.2 cm³/mol. The summed E-state index contributed by atoms with van der Waals surface area (Å²) >= 11 is 0. The number of nitrogens with zero attached hydrogens (tertiary/aromatic N) is 3. The largest absolute Gasteiger partial charge is 0.289 e. The zero-order valence-corrected chi connectivity index (χ0v) is 15.0. The molecule has 1 aliphatic carbocycles. The van der Waals surface area contributed by atoms with Crippen LogP contribution in [0.1, 0.15) is 27.9 Å². The van der Waals surface area contributed by atoms with Crippen LogP contribution in [0.25, 0.3) is 5.69 Å². The first-order valence-corrected chi connectivity index (χ1v) is 8.65. The normalized spacial score (nSPS) is 18.4. The molecule has 2 heterocycles. The van der Waals surface area contributed by atoms with Gasteiger partial charge >= 0.3 is 0 Å². The molecule has 2 N–H and O–H groups in total. The third-order valence-corrected chi connectivity index (χ3v) is 5.40. The Morgan fingerprint density at radius 2 is 2.11 bits per heavy atom. The van der Waals surface area contributed by atoms with Crippen molar-refractivity contribution in [1.29, 1.82) is 0 Å². The fourth-order valence-electron chi connectivity index (χ4n) is 3.97. The highest BCUT2D eigenvalue weighted by molar-refractivity contribution is 5.89. The average Bonchev–Trinajstić information content (AvgIpc) is 3.20. The van der Waals surface area contributed by atoms with Crippen molar-refractivity contribution in [2.45, 2.75) is 32.1 Å². The summed E-state index contributed by atoms with van der Waals surface area (Å²) in [5.74, 6) is -0.930. The first-order valence-electron chi connectivity index (χ1n) is 8.65. The Hall–Kier alpha value is -3.06. The molecule has 0 spiro atoms. The van der Waals surface area contributed by atoms with Crippen molar-refractivity contribution in [2.24, 2.45) is 0 Å². The van der Waals surface area contributed by atoms with E-state index in [0.717, 1.165) is 22.5 Å². The summed E-state index contributed by atoms with van der Waals surface area (Å²) in [6.45, 7) is 3.60. The van der Waals surface area contributed by atoms with Crippen LogP contribution in [0.15, 0.2) is 42.9 Å². The molecule has 1 aromatic carbocycles. The van der Waals surface area contributed by atoms with E-state index in [1.807, 2.05) is 19.2 Å². The van der Waals surface area contributed by atoms with Crippen molar-refractivity contribution in [3.8, 4) is 5.69 Å². The lowest BCUT2D eigenvalue weighted by Crippen LogP contribution is -2.45. The molecule has 0 radical (unpaired) electrons. The number of hydroxylamine groups is 1. The molecule has 0 aliphatic heterocycles. The molecule has 6 nitrogen and oxygen atoms in total. The van der Waals surface area contributed by atoms with Crippen molar-refractivity contribution >= 4 is 5.91 Å². The molecule has 3 aromatic rings. The van der Waals surface area contributed by atoms with Gasteiger partial charge in [-0.2, -0.15) is 5.10 Å². The van der Waals surface area contributed by atoms with Crippen molar-refractivity contribution in [1.82, 2.24) is 20.2 Å². The third-order valence-electron chi connectivity index (χ3n) is 5.40. The number of hydrogen-bond donors (Lipinski definition) is 2. The van der Waals surface area contributed by atoms with Gasteiger partial charge in [-0.1, -0.05) is 12.1 Å². The molecule has 4 rings (SSSR count). The number of aromatic nitrogens is 3. The van der Waals surface area contributed by atoms with E-state index in [-0.39, 0.29) is 12.2 Å². The third kappa shape index (κ3) is 2.62. The van der Waals surface area contributed by atoms with E-state index in [1.165, 1.54) is 6.07 Å². The summed E-state index contributed by atoms with van der Waals surface area (Å²) in [6.07, 6.45) is 5.98. The van der Waals surface area contributed by atoms with Gasteiger partial charge in [0.15, 0.2) is 0 Å². The zero-order chi connectivity index (χ0) is 19.2. The standard InChI is InChI=1S/C20H19FN4O2/c1-12-10-22-7-6-18(12)25-11-14-8-20(19(26)24-27,9-17(14)23-25)15-4-3-5-16(21)13(15)2/h3-7,10-11,27H,8-9H2,1-2H3,(H,24,26)/t20-/m0/s1. The van der Waals surface area contributed by atoms with Gasteiger partial charge in [-0.25, -0.2) is 14.6 Å². The van der Waals surface area contributed by atoms with Gasteiger partial charge in [0.05, 0.1) is 16.8 Å². The van der Waals surface area contributed by atoms with Crippen molar-refractivity contribution < 1.29 is 14.4 Å². The monoisotopic (exact) mass is 366 g/mol. The maximum absolute atomic E-state index is 14.1. The lowest BCUT2D eigenvalue weighted by molar-refractivity contribution is -0.135. The Labute approximate surface area is 155 Å². The van der Waals surface area contributed by atoms with E-state index in [9.17, 15) is 14.4 Å². The summed E-state index contributed by atoms with van der Waals surface area (Å²) in [7, 11) is 0. The SMILES string of the molecule is Cc1cnccc1-n1cc2c(n1)C[C@](C(=O)NO)(c1cccc(F)c1C)C2. The van der Waals surface area contributed by atoms with E-state index < -0.39 is 11.3 Å². The van der Waals surface area contributed by atoms with Crippen LogP contribution in [-0.2, 0) is 23.1 Å². The minimum absolute atomic E-state index is 0.288. The molecule has 27 heavy (non-hydrogen) atoms. The number of pyridine rings is 1. The molecule has 0 unspecified atom stereocenters. The number of benzene rings is 1. The molecule has 1 atom stereocenters. The second kappa shape index (κ2) is 6.28. The molecule has 138 valence electrons. The van der Waals surface area contributed by atoms with Crippen molar-refractivity contribution in [3.05, 3.63) is 76.6 Å². The lowest BCUT2D eigenvalue weighted by Gasteiger charge is -2.28. The van der Waals surface area contributed by atoms with Crippen LogP contribution in [0.5, 0.6) is 0 Å². The highest BCUT2D eigenvalue weighted by Crippen LogP contribution is 2.41. The summed E-state index contributed by atoms with van der Waals surface area (Å²) in [4.78, 5) is 16.7. The van der Waals surface area contributed by atoms with E-state index in [0.29, 0.717) is 17.5 Å². The second-order valence-electron chi connectivity index (χ2n) is 7.00. The minimum atomic E-state index is -1.08. The quantitative estimate of drug-likeness (QED) is 0.552.